The van der Waals surface area contributed by atoms with Crippen molar-refractivity contribution in [1.82, 2.24) is 14.8 Å². The minimum absolute atomic E-state index is 0.0341. The molecule has 0 bridgehead atoms. The smallest absolute Gasteiger partial charge is 0.250 e. The number of carbonyl (C=O) groups excluding carboxylic acids is 1. The van der Waals surface area contributed by atoms with Crippen LogP contribution in [0.1, 0.15) is 34.1 Å². The molecule has 6 nitrogen and oxygen atoms in total. The molecule has 1 aliphatic heterocycles. The van der Waals surface area contributed by atoms with Crippen LogP contribution in [0.3, 0.4) is 0 Å². The van der Waals surface area contributed by atoms with Crippen LogP contribution < -0.4 is 10.9 Å². The normalized spacial score (nSPS) is 22.3. The highest BCUT2D eigenvalue weighted by Crippen LogP contribution is 2.20. The first-order chi connectivity index (χ1) is 11.3. The van der Waals surface area contributed by atoms with Crippen molar-refractivity contribution in [2.75, 3.05) is 19.6 Å². The maximum absolute atomic E-state index is 12.1. The third-order valence-electron chi connectivity index (χ3n) is 4.47. The highest BCUT2D eigenvalue weighted by atomic mass is 16.5. The summed E-state index contributed by atoms with van der Waals surface area (Å²) in [6, 6.07) is 5.00. The Bertz CT molecular complexity index is 602. The zero-order valence-electron chi connectivity index (χ0n) is 15.1. The van der Waals surface area contributed by atoms with E-state index in [1.807, 2.05) is 0 Å². The van der Waals surface area contributed by atoms with Gasteiger partial charge < -0.3 is 14.6 Å². The molecule has 24 heavy (non-hydrogen) atoms. The Kier molecular flexibility index (Phi) is 6.18. The van der Waals surface area contributed by atoms with E-state index in [-0.39, 0.29) is 29.2 Å². The number of hydrogen-bond acceptors (Lipinski definition) is 4. The van der Waals surface area contributed by atoms with Crippen LogP contribution in [-0.2, 0) is 16.1 Å². The van der Waals surface area contributed by atoms with Gasteiger partial charge in [-0.2, -0.15) is 0 Å². The Morgan fingerprint density at radius 2 is 1.96 bits per heavy atom. The van der Waals surface area contributed by atoms with Gasteiger partial charge in [0.05, 0.1) is 12.2 Å². The van der Waals surface area contributed by atoms with Crippen LogP contribution in [0.5, 0.6) is 0 Å². The lowest BCUT2D eigenvalue weighted by atomic mass is 10.00. The second-order valence-electron chi connectivity index (χ2n) is 7.23. The van der Waals surface area contributed by atoms with Gasteiger partial charge in [-0.3, -0.25) is 14.5 Å². The number of nitrogens with zero attached hydrogens (tertiary/aromatic N) is 2. The SMILES string of the molecule is CC1CN(C(C)(C)CNC(=O)CCn2ccccc2=O)CC(C)O1. The quantitative estimate of drug-likeness (QED) is 0.850. The highest BCUT2D eigenvalue weighted by Gasteiger charge is 2.33. The number of aromatic nitrogens is 1. The second-order valence-corrected chi connectivity index (χ2v) is 7.23. The fourth-order valence-corrected chi connectivity index (χ4v) is 3.05. The number of nitrogens with one attached hydrogen (secondary N) is 1. The third-order valence-corrected chi connectivity index (χ3v) is 4.47. The first kappa shape index (κ1) is 18.7. The zero-order valence-corrected chi connectivity index (χ0v) is 15.1. The van der Waals surface area contributed by atoms with Crippen molar-refractivity contribution in [3.05, 3.63) is 34.7 Å². The van der Waals surface area contributed by atoms with Crippen molar-refractivity contribution in [2.24, 2.45) is 0 Å². The van der Waals surface area contributed by atoms with E-state index in [1.54, 1.807) is 22.9 Å². The molecule has 0 aliphatic carbocycles. The summed E-state index contributed by atoms with van der Waals surface area (Å²) in [5.74, 6) is -0.0341. The fraction of sp³-hybridized carbons (Fsp3) is 0.667. The molecule has 0 saturated carbocycles. The van der Waals surface area contributed by atoms with Crippen LogP contribution in [0.2, 0.25) is 0 Å². The van der Waals surface area contributed by atoms with Gasteiger partial charge in [-0.05, 0) is 33.8 Å². The lowest BCUT2D eigenvalue weighted by Crippen LogP contribution is -2.58. The molecule has 0 radical (unpaired) electrons. The van der Waals surface area contributed by atoms with E-state index >= 15 is 0 Å². The van der Waals surface area contributed by atoms with Gasteiger partial charge in [0.25, 0.3) is 5.56 Å². The first-order valence-corrected chi connectivity index (χ1v) is 8.60. The number of carbonyl (C=O) groups is 1. The molecule has 1 amide bonds. The summed E-state index contributed by atoms with van der Waals surface area (Å²) in [6.07, 6.45) is 2.41. The predicted octanol–water partition coefficient (Wildman–Crippen LogP) is 1.24. The van der Waals surface area contributed by atoms with Crippen molar-refractivity contribution in [3.63, 3.8) is 0 Å². The van der Waals surface area contributed by atoms with Gasteiger partial charge in [0, 0.05) is 50.4 Å². The van der Waals surface area contributed by atoms with Gasteiger partial charge in [-0.25, -0.2) is 0 Å². The Morgan fingerprint density at radius 1 is 1.29 bits per heavy atom. The second kappa shape index (κ2) is 7.94. The van der Waals surface area contributed by atoms with Gasteiger partial charge in [0.1, 0.15) is 0 Å². The molecule has 1 fully saturated rings. The maximum Gasteiger partial charge on any atom is 0.250 e. The van der Waals surface area contributed by atoms with Gasteiger partial charge in [0.15, 0.2) is 0 Å². The van der Waals surface area contributed by atoms with Crippen LogP contribution in [0.4, 0.5) is 0 Å². The summed E-state index contributed by atoms with van der Waals surface area (Å²) >= 11 is 0. The average molecular weight is 335 g/mol. The Labute approximate surface area is 143 Å². The minimum atomic E-state index is -0.133. The molecule has 2 unspecified atom stereocenters. The Morgan fingerprint density at radius 3 is 2.58 bits per heavy atom. The summed E-state index contributed by atoms with van der Waals surface area (Å²) in [4.78, 5) is 26.1. The molecule has 2 heterocycles. The van der Waals surface area contributed by atoms with Crippen LogP contribution in [0.15, 0.2) is 29.2 Å². The summed E-state index contributed by atoms with van der Waals surface area (Å²) in [6.45, 7) is 11.1. The topological polar surface area (TPSA) is 63.6 Å². The van der Waals surface area contributed by atoms with E-state index in [2.05, 4.69) is 37.9 Å². The van der Waals surface area contributed by atoms with Crippen molar-refractivity contribution in [3.8, 4) is 0 Å². The number of ether oxygens (including phenoxy) is 1. The molecular weight excluding hydrogens is 306 g/mol. The summed E-state index contributed by atoms with van der Waals surface area (Å²) in [7, 11) is 0. The number of morpholine rings is 1. The molecule has 1 saturated heterocycles. The molecular formula is C18H29N3O3. The van der Waals surface area contributed by atoms with E-state index < -0.39 is 0 Å². The predicted molar refractivity (Wildman–Crippen MR) is 94.0 cm³/mol. The number of pyridine rings is 1. The largest absolute Gasteiger partial charge is 0.373 e. The number of rotatable bonds is 6. The van der Waals surface area contributed by atoms with Crippen molar-refractivity contribution in [2.45, 2.75) is 58.4 Å². The van der Waals surface area contributed by atoms with E-state index in [9.17, 15) is 9.59 Å². The Balaban J connectivity index is 1.82. The van der Waals surface area contributed by atoms with Crippen LogP contribution in [0.25, 0.3) is 0 Å². The molecule has 2 rings (SSSR count). The number of amides is 1. The van der Waals surface area contributed by atoms with Crippen molar-refractivity contribution in [1.29, 1.82) is 0 Å². The summed E-state index contributed by atoms with van der Waals surface area (Å²) < 4.78 is 7.33. The van der Waals surface area contributed by atoms with E-state index in [0.29, 0.717) is 19.5 Å². The van der Waals surface area contributed by atoms with Crippen LogP contribution in [-0.4, -0.2) is 52.8 Å². The maximum atomic E-state index is 12.1. The number of hydrogen-bond donors (Lipinski definition) is 1. The summed E-state index contributed by atoms with van der Waals surface area (Å²) in [5, 5.41) is 3.00. The van der Waals surface area contributed by atoms with E-state index in [1.165, 1.54) is 6.07 Å². The third kappa shape index (κ3) is 5.18. The standard InChI is InChI=1S/C18H29N3O3/c1-14-11-21(12-15(2)24-14)18(3,4)13-19-16(22)8-10-20-9-6-5-7-17(20)23/h5-7,9,14-15H,8,10-13H2,1-4H3,(H,19,22). The zero-order chi connectivity index (χ0) is 17.7. The molecule has 1 aromatic rings. The van der Waals surface area contributed by atoms with E-state index in [0.717, 1.165) is 13.1 Å². The Hall–Kier alpha value is -1.66. The minimum Gasteiger partial charge on any atom is -0.373 e. The molecule has 1 aliphatic rings. The lowest BCUT2D eigenvalue weighted by Gasteiger charge is -2.45. The first-order valence-electron chi connectivity index (χ1n) is 8.60. The fourth-order valence-electron chi connectivity index (χ4n) is 3.05. The van der Waals surface area contributed by atoms with Gasteiger partial charge in [-0.15, -0.1) is 0 Å². The molecule has 6 heteroatoms. The van der Waals surface area contributed by atoms with Crippen LogP contribution >= 0.6 is 0 Å². The monoisotopic (exact) mass is 335 g/mol. The highest BCUT2D eigenvalue weighted by molar-refractivity contribution is 5.75. The van der Waals surface area contributed by atoms with Gasteiger partial charge in [0.2, 0.25) is 5.91 Å². The van der Waals surface area contributed by atoms with Crippen molar-refractivity contribution < 1.29 is 9.53 Å². The molecule has 1 N–H and O–H groups in total. The average Bonchev–Trinajstić information content (AvgIpc) is 2.51. The van der Waals surface area contributed by atoms with Crippen LogP contribution in [0, 0.1) is 0 Å². The van der Waals surface area contributed by atoms with Gasteiger partial charge >= 0.3 is 0 Å². The molecule has 0 spiro atoms. The molecule has 2 atom stereocenters. The molecule has 0 aromatic carbocycles. The lowest BCUT2D eigenvalue weighted by molar-refractivity contribution is -0.123. The molecule has 1 aromatic heterocycles. The van der Waals surface area contributed by atoms with E-state index in [4.69, 9.17) is 4.74 Å². The van der Waals surface area contributed by atoms with Gasteiger partial charge in [-0.1, -0.05) is 6.07 Å². The molecule has 134 valence electrons. The van der Waals surface area contributed by atoms with Crippen molar-refractivity contribution >= 4 is 5.91 Å². The summed E-state index contributed by atoms with van der Waals surface area (Å²) in [5.41, 5.74) is -0.215. The number of aryl methyl sites for hydroxylation is 1.